The first-order valence-electron chi connectivity index (χ1n) is 8.69. The van der Waals surface area contributed by atoms with E-state index in [0.29, 0.717) is 30.7 Å². The largest absolute Gasteiger partial charge is 0.486 e. The summed E-state index contributed by atoms with van der Waals surface area (Å²) in [5.74, 6) is 0.400. The van der Waals surface area contributed by atoms with Crippen LogP contribution in [0.5, 0.6) is 5.75 Å². The van der Waals surface area contributed by atoms with E-state index in [0.717, 1.165) is 5.56 Å². The van der Waals surface area contributed by atoms with E-state index in [1.807, 2.05) is 25.1 Å². The molecule has 2 aliphatic heterocycles. The molecule has 0 bridgehead atoms. The van der Waals surface area contributed by atoms with Crippen molar-refractivity contribution in [2.45, 2.75) is 51.2 Å². The van der Waals surface area contributed by atoms with Crippen molar-refractivity contribution in [1.29, 1.82) is 0 Å². The molecule has 6 heteroatoms. The van der Waals surface area contributed by atoms with Gasteiger partial charge in [-0.3, -0.25) is 14.4 Å². The molecule has 2 amide bonds. The van der Waals surface area contributed by atoms with Crippen molar-refractivity contribution in [2.24, 2.45) is 0 Å². The number of hydrogen-bond donors (Lipinski definition) is 1. The van der Waals surface area contributed by atoms with Gasteiger partial charge in [0.2, 0.25) is 11.8 Å². The number of nitrogens with zero attached hydrogens (tertiary/aromatic N) is 1. The van der Waals surface area contributed by atoms with Crippen LogP contribution in [0.3, 0.4) is 0 Å². The van der Waals surface area contributed by atoms with Gasteiger partial charge in [-0.25, -0.2) is 0 Å². The zero-order chi connectivity index (χ0) is 18.2. The molecule has 6 nitrogen and oxygen atoms in total. The van der Waals surface area contributed by atoms with Crippen molar-refractivity contribution < 1.29 is 19.1 Å². The average Bonchev–Trinajstić information content (AvgIpc) is 2.74. The van der Waals surface area contributed by atoms with Gasteiger partial charge in [0.05, 0.1) is 12.0 Å². The third-order valence-electron chi connectivity index (χ3n) is 5.26. The number of hydrogen-bond acceptors (Lipinski definition) is 4. The number of rotatable bonds is 2. The molecule has 0 aromatic heterocycles. The van der Waals surface area contributed by atoms with Crippen LogP contribution in [0, 0.1) is 6.92 Å². The highest BCUT2D eigenvalue weighted by Crippen LogP contribution is 2.40. The predicted molar refractivity (Wildman–Crippen MR) is 92.6 cm³/mol. The van der Waals surface area contributed by atoms with Gasteiger partial charge in [-0.15, -0.1) is 0 Å². The van der Waals surface area contributed by atoms with E-state index < -0.39 is 11.6 Å². The number of aryl methyl sites for hydroxylation is 1. The molecule has 2 aliphatic rings. The number of fused-ring (bicyclic) bond motifs is 1. The standard InChI is InChI=1S/C19H24N2O4/c1-12-4-5-16-14(10-12)15(22)11-19(25-16)7-6-17(23)21(9-8-19)13(2)18(24)20-3/h4-5,10,13H,6-9,11H2,1-3H3,(H,20,24)/t13-,19-/m1/s1. The van der Waals surface area contributed by atoms with Crippen LogP contribution < -0.4 is 10.1 Å². The van der Waals surface area contributed by atoms with E-state index in [-0.39, 0.29) is 30.4 Å². The maximum atomic E-state index is 12.6. The minimum absolute atomic E-state index is 0.0604. The Hall–Kier alpha value is -2.37. The monoisotopic (exact) mass is 344 g/mol. The number of amides is 2. The number of carbonyl (C=O) groups is 3. The molecule has 0 radical (unpaired) electrons. The molecule has 2 atom stereocenters. The molecule has 0 aliphatic carbocycles. The van der Waals surface area contributed by atoms with Crippen molar-refractivity contribution >= 4 is 17.6 Å². The molecule has 1 fully saturated rings. The summed E-state index contributed by atoms with van der Waals surface area (Å²) in [6.45, 7) is 4.07. The van der Waals surface area contributed by atoms with E-state index in [1.165, 1.54) is 0 Å². The van der Waals surface area contributed by atoms with Crippen LogP contribution in [0.4, 0.5) is 0 Å². The number of likely N-dealkylation sites (tertiary alicyclic amines) is 1. The summed E-state index contributed by atoms with van der Waals surface area (Å²) in [7, 11) is 1.56. The molecule has 0 unspecified atom stereocenters. The van der Waals surface area contributed by atoms with Crippen molar-refractivity contribution in [1.82, 2.24) is 10.2 Å². The van der Waals surface area contributed by atoms with Gasteiger partial charge in [-0.1, -0.05) is 11.6 Å². The minimum atomic E-state index is -0.661. The smallest absolute Gasteiger partial charge is 0.242 e. The number of likely N-dealkylation sites (N-methyl/N-ethyl adjacent to an activating group) is 1. The number of benzene rings is 1. The van der Waals surface area contributed by atoms with Gasteiger partial charge < -0.3 is 15.0 Å². The molecule has 1 aromatic rings. The lowest BCUT2D eigenvalue weighted by atomic mass is 9.84. The summed E-state index contributed by atoms with van der Waals surface area (Å²) in [5, 5.41) is 2.58. The third kappa shape index (κ3) is 3.25. The molecule has 1 spiro atoms. The lowest BCUT2D eigenvalue weighted by Gasteiger charge is -2.37. The second-order valence-corrected chi connectivity index (χ2v) is 7.01. The van der Waals surface area contributed by atoms with Crippen LogP contribution in [0.15, 0.2) is 18.2 Å². The van der Waals surface area contributed by atoms with E-state index in [2.05, 4.69) is 5.32 Å². The molecule has 1 N–H and O–H groups in total. The quantitative estimate of drug-likeness (QED) is 0.888. The van der Waals surface area contributed by atoms with Gasteiger partial charge in [-0.2, -0.15) is 0 Å². The Morgan fingerprint density at radius 2 is 2.08 bits per heavy atom. The van der Waals surface area contributed by atoms with Crippen molar-refractivity contribution in [3.05, 3.63) is 29.3 Å². The van der Waals surface area contributed by atoms with E-state index in [9.17, 15) is 14.4 Å². The summed E-state index contributed by atoms with van der Waals surface area (Å²) >= 11 is 0. The average molecular weight is 344 g/mol. The van der Waals surface area contributed by atoms with Crippen LogP contribution in [-0.2, 0) is 9.59 Å². The van der Waals surface area contributed by atoms with Gasteiger partial charge in [0.25, 0.3) is 0 Å². The Balaban J connectivity index is 1.83. The van der Waals surface area contributed by atoms with Gasteiger partial charge >= 0.3 is 0 Å². The number of nitrogens with one attached hydrogen (secondary N) is 1. The van der Waals surface area contributed by atoms with Crippen LogP contribution in [0.25, 0.3) is 0 Å². The minimum Gasteiger partial charge on any atom is -0.486 e. The van der Waals surface area contributed by atoms with E-state index in [4.69, 9.17) is 4.74 Å². The summed E-state index contributed by atoms with van der Waals surface area (Å²) in [4.78, 5) is 38.6. The van der Waals surface area contributed by atoms with Gasteiger partial charge in [0.1, 0.15) is 17.4 Å². The molecule has 0 saturated carbocycles. The highest BCUT2D eigenvalue weighted by atomic mass is 16.5. The zero-order valence-corrected chi connectivity index (χ0v) is 14.9. The molecule has 25 heavy (non-hydrogen) atoms. The van der Waals surface area contributed by atoms with Crippen molar-refractivity contribution in [3.8, 4) is 5.75 Å². The third-order valence-corrected chi connectivity index (χ3v) is 5.26. The lowest BCUT2D eigenvalue weighted by Crippen LogP contribution is -2.48. The molecule has 2 heterocycles. The molecule has 3 rings (SSSR count). The fraction of sp³-hybridized carbons (Fsp3) is 0.526. The first-order chi connectivity index (χ1) is 11.8. The van der Waals surface area contributed by atoms with Gasteiger partial charge in [0.15, 0.2) is 5.78 Å². The topological polar surface area (TPSA) is 75.7 Å². The van der Waals surface area contributed by atoms with Crippen LogP contribution in [0.2, 0.25) is 0 Å². The number of carbonyl (C=O) groups excluding carboxylic acids is 3. The first-order valence-corrected chi connectivity index (χ1v) is 8.69. The highest BCUT2D eigenvalue weighted by Gasteiger charge is 2.44. The van der Waals surface area contributed by atoms with Crippen molar-refractivity contribution in [2.75, 3.05) is 13.6 Å². The normalized spacial score (nSPS) is 24.4. The summed E-state index contributed by atoms with van der Waals surface area (Å²) in [6, 6.07) is 5.09. The fourth-order valence-corrected chi connectivity index (χ4v) is 3.70. The Kier molecular flexibility index (Phi) is 4.54. The maximum absolute atomic E-state index is 12.6. The second kappa shape index (κ2) is 6.50. The van der Waals surface area contributed by atoms with Crippen LogP contribution in [0.1, 0.15) is 48.5 Å². The predicted octanol–water partition coefficient (Wildman–Crippen LogP) is 1.85. The zero-order valence-electron chi connectivity index (χ0n) is 14.9. The van der Waals surface area contributed by atoms with E-state index in [1.54, 1.807) is 18.9 Å². The number of Topliss-reactive ketones (excluding diaryl/α,β-unsaturated/α-hetero) is 1. The molecule has 134 valence electrons. The lowest BCUT2D eigenvalue weighted by molar-refractivity contribution is -0.139. The Morgan fingerprint density at radius 1 is 1.32 bits per heavy atom. The van der Waals surface area contributed by atoms with Crippen LogP contribution in [-0.4, -0.2) is 47.7 Å². The molecule has 1 saturated heterocycles. The Labute approximate surface area is 147 Å². The number of ketones is 1. The van der Waals surface area contributed by atoms with Gasteiger partial charge in [-0.05, 0) is 32.4 Å². The molecular formula is C19H24N2O4. The summed E-state index contributed by atoms with van der Waals surface area (Å²) in [5.41, 5.74) is 0.983. The SMILES string of the molecule is CNC(=O)[C@@H](C)N1CC[C@]2(CCC1=O)CC(=O)c1cc(C)ccc1O2. The van der Waals surface area contributed by atoms with Crippen LogP contribution >= 0.6 is 0 Å². The summed E-state index contributed by atoms with van der Waals surface area (Å²) in [6.07, 6.45) is 1.58. The molecular weight excluding hydrogens is 320 g/mol. The number of ether oxygens (including phenoxy) is 1. The first kappa shape index (κ1) is 17.5. The van der Waals surface area contributed by atoms with Gasteiger partial charge in [0, 0.05) is 26.4 Å². The van der Waals surface area contributed by atoms with E-state index >= 15 is 0 Å². The second-order valence-electron chi connectivity index (χ2n) is 7.01. The highest BCUT2D eigenvalue weighted by molar-refractivity contribution is 6.00. The Morgan fingerprint density at radius 3 is 2.80 bits per heavy atom. The maximum Gasteiger partial charge on any atom is 0.242 e. The van der Waals surface area contributed by atoms with Crippen molar-refractivity contribution in [3.63, 3.8) is 0 Å². The Bertz CT molecular complexity index is 730. The molecule has 1 aromatic carbocycles. The summed E-state index contributed by atoms with van der Waals surface area (Å²) < 4.78 is 6.23. The fourth-order valence-electron chi connectivity index (χ4n) is 3.70.